The molecule has 1 aliphatic heterocycles. The zero-order valence-electron chi connectivity index (χ0n) is 28.6. The van der Waals surface area contributed by atoms with Crippen LogP contribution in [0.15, 0.2) is 59.7 Å². The molecule has 0 aromatic heterocycles. The SMILES string of the molecule is CCC(C)(C)c1ccc(OCC(=O)Nc2cccc(C(=O)NC3=NN(c4c(Cl)cc(Cl)cc4Cl)C(=O)C3N)c2)c(C(C)(C)CC)c1.[Cl-].[Cl-].[Cl-].[Cl-].[Sn+4]. The van der Waals surface area contributed by atoms with E-state index in [1.807, 2.05) is 6.07 Å². The Labute approximate surface area is 356 Å². The number of amides is 3. The van der Waals surface area contributed by atoms with Gasteiger partial charge < -0.3 is 70.7 Å². The van der Waals surface area contributed by atoms with Crippen LogP contribution in [0.25, 0.3) is 0 Å². The first kappa shape index (κ1) is 51.4. The van der Waals surface area contributed by atoms with Crippen molar-refractivity contribution in [1.82, 2.24) is 5.32 Å². The molecule has 276 valence electrons. The summed E-state index contributed by atoms with van der Waals surface area (Å²) in [5.41, 5.74) is 8.83. The minimum absolute atomic E-state index is 0. The monoisotopic (exact) mass is 945 g/mol. The number of amidine groups is 1. The first-order chi connectivity index (χ1) is 21.6. The Bertz CT molecular complexity index is 1700. The van der Waals surface area contributed by atoms with Crippen molar-refractivity contribution in [3.05, 3.63) is 86.4 Å². The minimum atomic E-state index is -1.27. The van der Waals surface area contributed by atoms with E-state index in [-0.39, 0.29) is 123 Å². The molecule has 0 fully saturated rings. The van der Waals surface area contributed by atoms with Crippen LogP contribution >= 0.6 is 34.8 Å². The molecule has 0 bridgehead atoms. The Balaban J connectivity index is 0. The molecule has 0 spiro atoms. The zero-order valence-corrected chi connectivity index (χ0v) is 36.8. The third-order valence-electron chi connectivity index (χ3n) is 8.44. The summed E-state index contributed by atoms with van der Waals surface area (Å²) in [6, 6.07) is 14.0. The van der Waals surface area contributed by atoms with Crippen LogP contribution in [-0.4, -0.2) is 60.1 Å². The maximum absolute atomic E-state index is 13.1. The van der Waals surface area contributed by atoms with Gasteiger partial charge in [-0.1, -0.05) is 94.5 Å². The summed E-state index contributed by atoms with van der Waals surface area (Å²) in [5.74, 6) is -1.07. The molecule has 1 heterocycles. The van der Waals surface area contributed by atoms with Gasteiger partial charge in [0.2, 0.25) is 0 Å². The van der Waals surface area contributed by atoms with Gasteiger partial charge in [-0.3, -0.25) is 14.4 Å². The second kappa shape index (κ2) is 21.3. The molecule has 3 aromatic rings. The van der Waals surface area contributed by atoms with E-state index in [9.17, 15) is 14.4 Å². The third kappa shape index (κ3) is 12.2. The fourth-order valence-corrected chi connectivity index (χ4v) is 5.71. The van der Waals surface area contributed by atoms with Crippen molar-refractivity contribution in [3.8, 4) is 5.75 Å². The van der Waals surface area contributed by atoms with Crippen LogP contribution in [0.2, 0.25) is 15.1 Å². The van der Waals surface area contributed by atoms with Gasteiger partial charge in [-0.25, -0.2) is 0 Å². The molecule has 3 amide bonds. The van der Waals surface area contributed by atoms with Crippen LogP contribution in [-0.2, 0) is 20.4 Å². The average molecular weight is 948 g/mol. The van der Waals surface area contributed by atoms with Crippen LogP contribution in [0.4, 0.5) is 11.4 Å². The van der Waals surface area contributed by atoms with Crippen LogP contribution in [0.5, 0.6) is 5.75 Å². The summed E-state index contributed by atoms with van der Waals surface area (Å²) in [5, 5.41) is 10.9. The number of benzene rings is 3. The minimum Gasteiger partial charge on any atom is -1.00 e. The summed E-state index contributed by atoms with van der Waals surface area (Å²) in [4.78, 5) is 38.9. The van der Waals surface area contributed by atoms with Crippen molar-refractivity contribution in [2.75, 3.05) is 16.9 Å². The van der Waals surface area contributed by atoms with Gasteiger partial charge in [0, 0.05) is 21.8 Å². The second-order valence-electron chi connectivity index (χ2n) is 12.4. The largest absolute Gasteiger partial charge is 4.00 e. The number of carbonyl (C=O) groups excluding carboxylic acids is 3. The van der Waals surface area contributed by atoms with Gasteiger partial charge in [0.15, 0.2) is 12.4 Å². The van der Waals surface area contributed by atoms with Gasteiger partial charge in [-0.2, -0.15) is 5.01 Å². The number of hydrogen-bond donors (Lipinski definition) is 3. The number of rotatable bonds is 10. The molecule has 0 saturated carbocycles. The van der Waals surface area contributed by atoms with Crippen molar-refractivity contribution in [1.29, 1.82) is 0 Å². The van der Waals surface area contributed by atoms with Gasteiger partial charge in [0.1, 0.15) is 17.5 Å². The molecule has 0 saturated heterocycles. The number of nitrogens with zero attached hydrogens (tertiary/aromatic N) is 2. The summed E-state index contributed by atoms with van der Waals surface area (Å²) in [7, 11) is 0. The van der Waals surface area contributed by atoms with Crippen LogP contribution in [0, 0.1) is 0 Å². The van der Waals surface area contributed by atoms with E-state index < -0.39 is 23.8 Å². The van der Waals surface area contributed by atoms with Crippen LogP contribution < -0.4 is 75.7 Å². The van der Waals surface area contributed by atoms with Crippen LogP contribution in [0.1, 0.15) is 75.9 Å². The Hall–Kier alpha value is -1.67. The predicted molar refractivity (Wildman–Crippen MR) is 191 cm³/mol. The summed E-state index contributed by atoms with van der Waals surface area (Å²) in [6.07, 6.45) is 1.88. The van der Waals surface area contributed by atoms with E-state index in [2.05, 4.69) is 69.4 Å². The van der Waals surface area contributed by atoms with Gasteiger partial charge in [-0.05, 0) is 65.6 Å². The molecule has 0 radical (unpaired) electrons. The fourth-order valence-electron chi connectivity index (χ4n) is 4.74. The Morgan fingerprint density at radius 1 is 0.882 bits per heavy atom. The van der Waals surface area contributed by atoms with Gasteiger partial charge in [0.05, 0.1) is 10.0 Å². The number of hydrogen-bond acceptors (Lipinski definition) is 6. The van der Waals surface area contributed by atoms with E-state index in [4.69, 9.17) is 45.3 Å². The van der Waals surface area contributed by atoms with Gasteiger partial charge in [0.25, 0.3) is 17.7 Å². The van der Waals surface area contributed by atoms with E-state index in [1.54, 1.807) is 18.2 Å². The van der Waals surface area contributed by atoms with Crippen molar-refractivity contribution in [2.24, 2.45) is 10.8 Å². The summed E-state index contributed by atoms with van der Waals surface area (Å²) < 4.78 is 6.04. The topological polar surface area (TPSA) is 126 Å². The quantitative estimate of drug-likeness (QED) is 0.176. The first-order valence-corrected chi connectivity index (χ1v) is 16.0. The molecule has 0 aliphatic carbocycles. The standard InChI is InChI=1S/C34H38Cl3N5O4.4ClH.Sn/c1-7-33(3,4)20-12-13-26(23(15-20)34(5,6)8-2)46-18-27(43)39-22-11-9-10-19(14-22)31(44)40-30-28(38)32(45)42(41-30)29-24(36)16-21(35)17-25(29)37;;;;;/h9-17,28H,7-8,18,38H2,1-6H3,(H,39,43)(H,40,41,44);4*1H;/q;;;;;+4/p-4. The van der Waals surface area contributed by atoms with E-state index in [0.29, 0.717) is 11.4 Å². The molecule has 17 heteroatoms. The van der Waals surface area contributed by atoms with Crippen molar-refractivity contribution < 1.29 is 68.7 Å². The molecule has 9 nitrogen and oxygen atoms in total. The van der Waals surface area contributed by atoms with Gasteiger partial charge in [-0.15, -0.1) is 5.10 Å². The molecular formula is C34H38Cl7N5O4Sn. The Morgan fingerprint density at radius 3 is 2.04 bits per heavy atom. The molecule has 1 aliphatic rings. The van der Waals surface area contributed by atoms with Crippen LogP contribution in [0.3, 0.4) is 0 Å². The number of nitrogens with two attached hydrogens (primary N) is 1. The number of nitrogens with one attached hydrogen (secondary N) is 2. The van der Waals surface area contributed by atoms with E-state index in [1.165, 1.54) is 23.8 Å². The Morgan fingerprint density at radius 2 is 1.47 bits per heavy atom. The average Bonchev–Trinajstić information content (AvgIpc) is 3.27. The van der Waals surface area contributed by atoms with Crippen molar-refractivity contribution in [2.45, 2.75) is 71.3 Å². The maximum atomic E-state index is 13.1. The number of hydrazone groups is 1. The molecule has 3 aromatic carbocycles. The molecule has 4 N–H and O–H groups in total. The first-order valence-electron chi connectivity index (χ1n) is 14.9. The predicted octanol–water partition coefficient (Wildman–Crippen LogP) is -4.91. The fraction of sp³-hybridized carbons (Fsp3) is 0.353. The maximum Gasteiger partial charge on any atom is 4.00 e. The molecule has 1 atom stereocenters. The second-order valence-corrected chi connectivity index (χ2v) is 13.6. The molecule has 4 rings (SSSR count). The summed E-state index contributed by atoms with van der Waals surface area (Å²) in [6.45, 7) is 12.8. The summed E-state index contributed by atoms with van der Waals surface area (Å²) >= 11 is 18.5. The van der Waals surface area contributed by atoms with E-state index >= 15 is 0 Å². The number of ether oxygens (including phenoxy) is 1. The number of carbonyl (C=O) groups is 3. The van der Waals surface area contributed by atoms with Crippen molar-refractivity contribution in [3.63, 3.8) is 0 Å². The normalized spacial score (nSPS) is 13.6. The number of anilines is 2. The molecule has 1 unspecified atom stereocenters. The zero-order chi connectivity index (χ0) is 34.0. The smallest absolute Gasteiger partial charge is 1.00 e. The molecular weight excluding hydrogens is 909 g/mol. The van der Waals surface area contributed by atoms with E-state index in [0.717, 1.165) is 23.4 Å². The molecule has 51 heavy (non-hydrogen) atoms. The van der Waals surface area contributed by atoms with Crippen molar-refractivity contribution >= 4 is 93.6 Å². The number of halogens is 7. The van der Waals surface area contributed by atoms with Gasteiger partial charge >= 0.3 is 23.9 Å². The third-order valence-corrected chi connectivity index (χ3v) is 9.23. The Kier molecular flexibility index (Phi) is 21.5.